The van der Waals surface area contributed by atoms with E-state index < -0.39 is 0 Å². The summed E-state index contributed by atoms with van der Waals surface area (Å²) in [5.41, 5.74) is 1.02. The van der Waals surface area contributed by atoms with E-state index in [4.69, 9.17) is 0 Å². The molecule has 3 aliphatic rings. The molecule has 122 valence electrons. The Kier molecular flexibility index (Phi) is 3.84. The molecule has 1 aliphatic carbocycles. The monoisotopic (exact) mass is 330 g/mol. The summed E-state index contributed by atoms with van der Waals surface area (Å²) in [6.07, 6.45) is 3.58. The number of benzene rings is 1. The van der Waals surface area contributed by atoms with Crippen LogP contribution in [-0.2, 0) is 9.59 Å². The highest BCUT2D eigenvalue weighted by Gasteiger charge is 2.43. The number of hydrogen-bond donors (Lipinski definition) is 0. The van der Waals surface area contributed by atoms with Crippen LogP contribution in [0.2, 0.25) is 0 Å². The highest BCUT2D eigenvalue weighted by atomic mass is 32.2. The number of likely N-dealkylation sites (tertiary alicyclic amines) is 1. The van der Waals surface area contributed by atoms with Crippen molar-refractivity contribution in [2.75, 3.05) is 18.0 Å². The van der Waals surface area contributed by atoms with Crippen LogP contribution in [-0.4, -0.2) is 41.1 Å². The van der Waals surface area contributed by atoms with Crippen LogP contribution in [0, 0.1) is 5.92 Å². The predicted molar refractivity (Wildman–Crippen MR) is 91.6 cm³/mol. The second-order valence-corrected chi connectivity index (χ2v) is 8.33. The van der Waals surface area contributed by atoms with Crippen LogP contribution in [0.5, 0.6) is 0 Å². The highest BCUT2D eigenvalue weighted by molar-refractivity contribution is 8.00. The molecule has 2 aliphatic heterocycles. The molecule has 0 spiro atoms. The molecule has 23 heavy (non-hydrogen) atoms. The van der Waals surface area contributed by atoms with E-state index in [0.717, 1.165) is 31.5 Å². The number of rotatable bonds is 2. The van der Waals surface area contributed by atoms with Crippen LogP contribution in [0.3, 0.4) is 0 Å². The van der Waals surface area contributed by atoms with Gasteiger partial charge in [0.1, 0.15) is 0 Å². The van der Waals surface area contributed by atoms with Crippen molar-refractivity contribution in [1.82, 2.24) is 4.90 Å². The maximum Gasteiger partial charge on any atom is 0.232 e. The van der Waals surface area contributed by atoms with Crippen LogP contribution in [0.25, 0.3) is 0 Å². The van der Waals surface area contributed by atoms with Crippen molar-refractivity contribution in [3.05, 3.63) is 24.3 Å². The summed E-state index contributed by atoms with van der Waals surface area (Å²) >= 11 is 1.84. The van der Waals surface area contributed by atoms with E-state index in [-0.39, 0.29) is 17.7 Å². The van der Waals surface area contributed by atoms with Crippen LogP contribution < -0.4 is 4.90 Å². The first kappa shape index (κ1) is 15.1. The molecule has 1 saturated heterocycles. The summed E-state index contributed by atoms with van der Waals surface area (Å²) in [5.74, 6) is 0.120. The number of thioether (sulfide) groups is 1. The van der Waals surface area contributed by atoms with Gasteiger partial charge in [-0.1, -0.05) is 19.1 Å². The molecule has 4 nitrogen and oxygen atoms in total. The molecular formula is C18H22N2O2S. The molecule has 2 atom stereocenters. The smallest absolute Gasteiger partial charge is 0.232 e. The van der Waals surface area contributed by atoms with E-state index >= 15 is 0 Å². The molecule has 0 N–H and O–H groups in total. The fraction of sp³-hybridized carbons (Fsp3) is 0.556. The van der Waals surface area contributed by atoms with E-state index in [0.29, 0.717) is 24.3 Å². The molecule has 1 aromatic rings. The molecule has 0 radical (unpaired) electrons. The molecule has 4 rings (SSSR count). The topological polar surface area (TPSA) is 40.6 Å². The van der Waals surface area contributed by atoms with Gasteiger partial charge in [-0.25, -0.2) is 0 Å². The number of para-hydroxylation sites is 1. The average Bonchev–Trinajstić information content (AvgIpc) is 3.32. The fourth-order valence-electron chi connectivity index (χ4n) is 3.57. The Balaban J connectivity index is 1.57. The zero-order valence-corrected chi connectivity index (χ0v) is 14.2. The molecule has 0 bridgehead atoms. The van der Waals surface area contributed by atoms with Gasteiger partial charge >= 0.3 is 0 Å². The Labute approximate surface area is 141 Å². The zero-order chi connectivity index (χ0) is 16.0. The second-order valence-electron chi connectivity index (χ2n) is 6.85. The van der Waals surface area contributed by atoms with Gasteiger partial charge in [0.25, 0.3) is 0 Å². The molecule has 2 fully saturated rings. The minimum absolute atomic E-state index is 0.128. The third-order valence-corrected chi connectivity index (χ3v) is 6.24. The summed E-state index contributed by atoms with van der Waals surface area (Å²) in [6, 6.07) is 8.56. The lowest BCUT2D eigenvalue weighted by Crippen LogP contribution is -2.38. The average molecular weight is 330 g/mol. The van der Waals surface area contributed by atoms with Gasteiger partial charge in [0.15, 0.2) is 0 Å². The van der Waals surface area contributed by atoms with Gasteiger partial charge in [-0.3, -0.25) is 9.59 Å². The van der Waals surface area contributed by atoms with Crippen molar-refractivity contribution in [2.24, 2.45) is 5.92 Å². The van der Waals surface area contributed by atoms with Gasteiger partial charge in [-0.15, -0.1) is 11.8 Å². The molecule has 0 unspecified atom stereocenters. The molecule has 2 amide bonds. The van der Waals surface area contributed by atoms with Gasteiger partial charge in [0.2, 0.25) is 11.8 Å². The Morgan fingerprint density at radius 2 is 2.00 bits per heavy atom. The molecule has 1 saturated carbocycles. The lowest BCUT2D eigenvalue weighted by molar-refractivity contribution is -0.128. The third-order valence-electron chi connectivity index (χ3n) is 5.00. The van der Waals surface area contributed by atoms with Gasteiger partial charge in [0.05, 0.1) is 11.6 Å². The lowest BCUT2D eigenvalue weighted by Gasteiger charge is -2.25. The van der Waals surface area contributed by atoms with Crippen LogP contribution >= 0.6 is 11.8 Å². The number of carbonyl (C=O) groups is 2. The van der Waals surface area contributed by atoms with Crippen molar-refractivity contribution in [3.63, 3.8) is 0 Å². The quantitative estimate of drug-likeness (QED) is 0.837. The van der Waals surface area contributed by atoms with E-state index in [1.54, 1.807) is 0 Å². The minimum atomic E-state index is -0.172. The Morgan fingerprint density at radius 1 is 1.22 bits per heavy atom. The van der Waals surface area contributed by atoms with Crippen molar-refractivity contribution in [1.29, 1.82) is 0 Å². The van der Waals surface area contributed by atoms with E-state index in [1.165, 1.54) is 4.90 Å². The normalized spacial score (nSPS) is 27.8. The largest absolute Gasteiger partial charge is 0.339 e. The Morgan fingerprint density at radius 3 is 2.78 bits per heavy atom. The third kappa shape index (κ3) is 2.87. The SMILES string of the molecule is C[C@H]1CCN(C(=O)[C@H]2CC(=O)N(C3CC3)C2)c2ccccc2S1. The predicted octanol–water partition coefficient (Wildman–Crippen LogP) is 2.91. The van der Waals surface area contributed by atoms with Gasteiger partial charge in [-0.05, 0) is 31.4 Å². The first-order valence-corrected chi connectivity index (χ1v) is 9.38. The standard InChI is InChI=1S/C18H22N2O2S/c1-12-8-9-19(15-4-2-3-5-16(15)23-12)18(22)13-10-17(21)20(11-13)14-6-7-14/h2-5,12-14H,6-11H2,1H3/t12-,13-/m0/s1. The van der Waals surface area contributed by atoms with Gasteiger partial charge < -0.3 is 9.80 Å². The highest BCUT2D eigenvalue weighted by Crippen LogP contribution is 2.39. The number of amides is 2. The summed E-state index contributed by atoms with van der Waals surface area (Å²) in [6.45, 7) is 3.57. The van der Waals surface area contributed by atoms with E-state index in [2.05, 4.69) is 13.0 Å². The molecular weight excluding hydrogens is 308 g/mol. The maximum atomic E-state index is 13.1. The second kappa shape index (κ2) is 5.86. The van der Waals surface area contributed by atoms with Crippen molar-refractivity contribution >= 4 is 29.3 Å². The fourth-order valence-corrected chi connectivity index (χ4v) is 4.69. The van der Waals surface area contributed by atoms with Gasteiger partial charge in [0, 0.05) is 35.7 Å². The number of hydrogen-bond acceptors (Lipinski definition) is 3. The number of fused-ring (bicyclic) bond motifs is 1. The Hall–Kier alpha value is -1.49. The number of nitrogens with zero attached hydrogens (tertiary/aromatic N) is 2. The molecule has 0 aromatic heterocycles. The van der Waals surface area contributed by atoms with Crippen LogP contribution in [0.4, 0.5) is 5.69 Å². The van der Waals surface area contributed by atoms with Crippen LogP contribution in [0.1, 0.15) is 32.6 Å². The first-order chi connectivity index (χ1) is 11.1. The van der Waals surface area contributed by atoms with Crippen LogP contribution in [0.15, 0.2) is 29.2 Å². The summed E-state index contributed by atoms with van der Waals surface area (Å²) in [7, 11) is 0. The minimum Gasteiger partial charge on any atom is -0.339 e. The summed E-state index contributed by atoms with van der Waals surface area (Å²) in [5, 5.41) is 0.502. The van der Waals surface area contributed by atoms with Crippen molar-refractivity contribution in [3.8, 4) is 0 Å². The van der Waals surface area contributed by atoms with Crippen molar-refractivity contribution < 1.29 is 9.59 Å². The molecule has 2 heterocycles. The summed E-state index contributed by atoms with van der Waals surface area (Å²) < 4.78 is 0. The first-order valence-electron chi connectivity index (χ1n) is 8.50. The van der Waals surface area contributed by atoms with E-state index in [9.17, 15) is 9.59 Å². The van der Waals surface area contributed by atoms with Gasteiger partial charge in [-0.2, -0.15) is 0 Å². The maximum absolute atomic E-state index is 13.1. The molecule has 5 heteroatoms. The lowest BCUT2D eigenvalue weighted by atomic mass is 10.1. The Bertz CT molecular complexity index is 644. The number of carbonyl (C=O) groups excluding carboxylic acids is 2. The van der Waals surface area contributed by atoms with E-state index in [1.807, 2.05) is 39.8 Å². The number of anilines is 1. The van der Waals surface area contributed by atoms with Crippen molar-refractivity contribution in [2.45, 2.75) is 48.8 Å². The summed E-state index contributed by atoms with van der Waals surface area (Å²) in [4.78, 5) is 30.3. The zero-order valence-electron chi connectivity index (χ0n) is 13.4. The molecule has 1 aromatic carbocycles.